The molecular weight excluding hydrogens is 286 g/mol. The normalized spacial score (nSPS) is 27.7. The third-order valence-corrected chi connectivity index (χ3v) is 5.47. The number of amides is 1. The molecule has 3 rings (SSSR count). The lowest BCUT2D eigenvalue weighted by Gasteiger charge is -2.25. The highest BCUT2D eigenvalue weighted by Crippen LogP contribution is 2.44. The van der Waals surface area contributed by atoms with Gasteiger partial charge in [0.1, 0.15) is 5.75 Å². The number of fused-ring (bicyclic) bond motifs is 2. The number of rotatable bonds is 4. The first kappa shape index (κ1) is 16.4. The van der Waals surface area contributed by atoms with E-state index in [-0.39, 0.29) is 11.3 Å². The molecule has 3 nitrogen and oxygen atoms in total. The fraction of sp³-hybridized carbons (Fsp3) is 0.650. The first-order chi connectivity index (χ1) is 10.8. The summed E-state index contributed by atoms with van der Waals surface area (Å²) in [6.45, 7) is 8.40. The molecule has 23 heavy (non-hydrogen) atoms. The maximum absolute atomic E-state index is 12.4. The molecule has 0 spiro atoms. The van der Waals surface area contributed by atoms with E-state index in [9.17, 15) is 4.79 Å². The van der Waals surface area contributed by atoms with Gasteiger partial charge < -0.3 is 10.1 Å². The molecule has 126 valence electrons. The van der Waals surface area contributed by atoms with E-state index < -0.39 is 6.10 Å². The van der Waals surface area contributed by atoms with Gasteiger partial charge in [0.25, 0.3) is 5.91 Å². The second kappa shape index (κ2) is 6.18. The summed E-state index contributed by atoms with van der Waals surface area (Å²) in [7, 11) is 0. The van der Waals surface area contributed by atoms with E-state index in [1.54, 1.807) is 0 Å². The van der Waals surface area contributed by atoms with Gasteiger partial charge in [-0.3, -0.25) is 4.79 Å². The summed E-state index contributed by atoms with van der Waals surface area (Å²) in [4.78, 5) is 12.4. The Balaban J connectivity index is 1.54. The minimum absolute atomic E-state index is 0.0162. The Morgan fingerprint density at radius 1 is 1.17 bits per heavy atom. The van der Waals surface area contributed by atoms with Crippen molar-refractivity contribution in [2.45, 2.75) is 70.9 Å². The van der Waals surface area contributed by atoms with Crippen LogP contribution in [0.3, 0.4) is 0 Å². The third-order valence-electron chi connectivity index (χ3n) is 5.47. The Morgan fingerprint density at radius 3 is 2.39 bits per heavy atom. The Bertz CT molecular complexity index is 558. The van der Waals surface area contributed by atoms with E-state index in [2.05, 4.69) is 38.2 Å². The van der Waals surface area contributed by atoms with E-state index in [0.717, 1.165) is 18.1 Å². The SMILES string of the molecule is C[C@H](Oc1ccc(C(C)(C)C)cc1)C(=O)N[C@@H]1C[C@H]2CC[C@H]1C2. The minimum atomic E-state index is -0.449. The largest absolute Gasteiger partial charge is 0.481 e. The van der Waals surface area contributed by atoms with Crippen LogP contribution in [-0.2, 0) is 10.2 Å². The average Bonchev–Trinajstić information content (AvgIpc) is 3.09. The van der Waals surface area contributed by atoms with Crippen LogP contribution >= 0.6 is 0 Å². The van der Waals surface area contributed by atoms with Crippen LogP contribution in [0, 0.1) is 11.8 Å². The van der Waals surface area contributed by atoms with Gasteiger partial charge in [-0.15, -0.1) is 0 Å². The molecule has 0 heterocycles. The van der Waals surface area contributed by atoms with E-state index in [1.807, 2.05) is 19.1 Å². The van der Waals surface area contributed by atoms with Gasteiger partial charge in [-0.1, -0.05) is 39.3 Å². The number of carbonyl (C=O) groups excluding carboxylic acids is 1. The lowest BCUT2D eigenvalue weighted by Crippen LogP contribution is -2.44. The first-order valence-electron chi connectivity index (χ1n) is 8.90. The predicted octanol–water partition coefficient (Wildman–Crippen LogP) is 4.06. The molecule has 2 aliphatic carbocycles. The molecule has 4 atom stereocenters. The number of hydrogen-bond donors (Lipinski definition) is 1. The molecule has 0 aromatic heterocycles. The third kappa shape index (κ3) is 3.70. The van der Waals surface area contributed by atoms with Gasteiger partial charge in [-0.05, 0) is 61.1 Å². The van der Waals surface area contributed by atoms with Crippen LogP contribution in [0.5, 0.6) is 5.75 Å². The van der Waals surface area contributed by atoms with E-state index in [0.29, 0.717) is 12.0 Å². The van der Waals surface area contributed by atoms with Crippen LogP contribution in [0.2, 0.25) is 0 Å². The van der Waals surface area contributed by atoms with Crippen molar-refractivity contribution in [3.8, 4) is 5.75 Å². The van der Waals surface area contributed by atoms with Crippen LogP contribution in [-0.4, -0.2) is 18.1 Å². The summed E-state index contributed by atoms with van der Waals surface area (Å²) in [6, 6.07) is 8.45. The van der Waals surface area contributed by atoms with Crippen LogP contribution in [0.4, 0.5) is 0 Å². The number of nitrogens with one attached hydrogen (secondary N) is 1. The van der Waals surface area contributed by atoms with Crippen molar-refractivity contribution in [2.75, 3.05) is 0 Å². The standard InChI is InChI=1S/C20H29NO2/c1-13(19(22)21-18-12-14-5-6-15(18)11-14)23-17-9-7-16(8-10-17)20(2,3)4/h7-10,13-15,18H,5-6,11-12H2,1-4H3,(H,21,22)/t13-,14-,15-,18+/m0/s1. The van der Waals surface area contributed by atoms with Crippen LogP contribution in [0.25, 0.3) is 0 Å². The first-order valence-corrected chi connectivity index (χ1v) is 8.90. The Labute approximate surface area is 139 Å². The van der Waals surface area contributed by atoms with Gasteiger partial charge in [0, 0.05) is 6.04 Å². The second-order valence-corrected chi connectivity index (χ2v) is 8.32. The topological polar surface area (TPSA) is 38.3 Å². The molecular formula is C20H29NO2. The fourth-order valence-electron chi connectivity index (χ4n) is 4.01. The van der Waals surface area contributed by atoms with Crippen LogP contribution < -0.4 is 10.1 Å². The van der Waals surface area contributed by atoms with Crippen molar-refractivity contribution in [3.63, 3.8) is 0 Å². The maximum Gasteiger partial charge on any atom is 0.261 e. The highest BCUT2D eigenvalue weighted by atomic mass is 16.5. The molecule has 0 unspecified atom stereocenters. The van der Waals surface area contributed by atoms with Crippen LogP contribution in [0.15, 0.2) is 24.3 Å². The van der Waals surface area contributed by atoms with Crippen LogP contribution in [0.1, 0.15) is 58.9 Å². The number of benzene rings is 1. The second-order valence-electron chi connectivity index (χ2n) is 8.32. The molecule has 2 saturated carbocycles. The van der Waals surface area contributed by atoms with Crippen molar-refractivity contribution in [2.24, 2.45) is 11.8 Å². The predicted molar refractivity (Wildman–Crippen MR) is 92.6 cm³/mol. The minimum Gasteiger partial charge on any atom is -0.481 e. The molecule has 2 bridgehead atoms. The zero-order chi connectivity index (χ0) is 16.6. The zero-order valence-corrected chi connectivity index (χ0v) is 14.8. The quantitative estimate of drug-likeness (QED) is 0.910. The fourth-order valence-corrected chi connectivity index (χ4v) is 4.01. The highest BCUT2D eigenvalue weighted by Gasteiger charge is 2.40. The van der Waals surface area contributed by atoms with Gasteiger partial charge in [0.2, 0.25) is 0 Å². The number of ether oxygens (including phenoxy) is 1. The van der Waals surface area contributed by atoms with E-state index >= 15 is 0 Å². The van der Waals surface area contributed by atoms with Crippen molar-refractivity contribution in [1.29, 1.82) is 0 Å². The molecule has 0 saturated heterocycles. The monoisotopic (exact) mass is 315 g/mol. The summed E-state index contributed by atoms with van der Waals surface area (Å²) in [5.41, 5.74) is 1.40. The molecule has 1 aromatic rings. The molecule has 3 heteroatoms. The summed E-state index contributed by atoms with van der Waals surface area (Å²) < 4.78 is 5.82. The zero-order valence-electron chi connectivity index (χ0n) is 14.8. The molecule has 0 radical (unpaired) electrons. The highest BCUT2D eigenvalue weighted by molar-refractivity contribution is 5.81. The number of hydrogen-bond acceptors (Lipinski definition) is 2. The molecule has 1 amide bonds. The van der Waals surface area contributed by atoms with Crippen molar-refractivity contribution in [3.05, 3.63) is 29.8 Å². The van der Waals surface area contributed by atoms with Crippen molar-refractivity contribution >= 4 is 5.91 Å². The maximum atomic E-state index is 12.4. The summed E-state index contributed by atoms with van der Waals surface area (Å²) >= 11 is 0. The van der Waals surface area contributed by atoms with Gasteiger partial charge in [0.05, 0.1) is 0 Å². The van der Waals surface area contributed by atoms with Gasteiger partial charge in [-0.2, -0.15) is 0 Å². The average molecular weight is 315 g/mol. The van der Waals surface area contributed by atoms with E-state index in [4.69, 9.17) is 4.74 Å². The molecule has 1 aromatic carbocycles. The Kier molecular flexibility index (Phi) is 4.39. The molecule has 1 N–H and O–H groups in total. The molecule has 0 aliphatic heterocycles. The van der Waals surface area contributed by atoms with Gasteiger partial charge in [-0.25, -0.2) is 0 Å². The smallest absolute Gasteiger partial charge is 0.261 e. The summed E-state index contributed by atoms with van der Waals surface area (Å²) in [6.07, 6.45) is 4.63. The summed E-state index contributed by atoms with van der Waals surface area (Å²) in [5.74, 6) is 2.31. The van der Waals surface area contributed by atoms with Gasteiger partial charge in [0.15, 0.2) is 6.10 Å². The van der Waals surface area contributed by atoms with E-state index in [1.165, 1.54) is 24.8 Å². The molecule has 2 fully saturated rings. The Morgan fingerprint density at radius 2 is 1.87 bits per heavy atom. The lowest BCUT2D eigenvalue weighted by atomic mass is 9.87. The molecule has 2 aliphatic rings. The lowest BCUT2D eigenvalue weighted by molar-refractivity contribution is -0.128. The summed E-state index contributed by atoms with van der Waals surface area (Å²) in [5, 5.41) is 3.20. The van der Waals surface area contributed by atoms with Crippen molar-refractivity contribution in [1.82, 2.24) is 5.32 Å². The van der Waals surface area contributed by atoms with Crippen molar-refractivity contribution < 1.29 is 9.53 Å². The van der Waals surface area contributed by atoms with Gasteiger partial charge >= 0.3 is 0 Å². The Hall–Kier alpha value is -1.51. The number of carbonyl (C=O) groups is 1.